The molecule has 0 fully saturated rings. The van der Waals surface area contributed by atoms with Gasteiger partial charge < -0.3 is 5.32 Å². The molecule has 0 radical (unpaired) electrons. The van der Waals surface area contributed by atoms with E-state index in [0.29, 0.717) is 10.9 Å². The minimum atomic E-state index is -0.440. The fraction of sp³-hybridized carbons (Fsp3) is 0.200. The highest BCUT2D eigenvalue weighted by Gasteiger charge is 2.13. The summed E-state index contributed by atoms with van der Waals surface area (Å²) in [5, 5.41) is 3.23. The molecule has 2 rings (SSSR count). The Bertz CT molecular complexity index is 619. The summed E-state index contributed by atoms with van der Waals surface area (Å²) in [4.78, 5) is 0. The van der Waals surface area contributed by atoms with Crippen LogP contribution in [0.4, 0.5) is 8.78 Å². The number of benzene rings is 2. The van der Waals surface area contributed by atoms with Gasteiger partial charge in [0, 0.05) is 6.04 Å². The van der Waals surface area contributed by atoms with E-state index in [1.165, 1.54) is 18.2 Å². The van der Waals surface area contributed by atoms with E-state index in [0.717, 1.165) is 11.1 Å². The highest BCUT2D eigenvalue weighted by Crippen LogP contribution is 2.24. The van der Waals surface area contributed by atoms with Crippen LogP contribution in [0.15, 0.2) is 40.9 Å². The van der Waals surface area contributed by atoms with Crippen molar-refractivity contribution in [3.63, 3.8) is 0 Å². The lowest BCUT2D eigenvalue weighted by Crippen LogP contribution is -2.19. The molecule has 0 saturated carbocycles. The second-order valence-corrected chi connectivity index (χ2v) is 5.73. The largest absolute Gasteiger partial charge is 0.313 e. The molecule has 1 N–H and O–H groups in total. The maximum Gasteiger partial charge on any atom is 0.142 e. The Labute approximate surface area is 130 Å². The van der Waals surface area contributed by atoms with Crippen molar-refractivity contribution in [1.29, 1.82) is 0 Å². The molecule has 0 aromatic heterocycles. The minimum absolute atomic E-state index is 0.0703. The molecule has 106 valence electrons. The fourth-order valence-corrected chi connectivity index (χ4v) is 2.56. The third-order valence-corrected chi connectivity index (χ3v) is 4.03. The first-order chi connectivity index (χ1) is 9.51. The van der Waals surface area contributed by atoms with E-state index in [-0.39, 0.29) is 16.9 Å². The second kappa shape index (κ2) is 6.66. The van der Waals surface area contributed by atoms with Crippen LogP contribution in [0.3, 0.4) is 0 Å². The molecule has 1 nitrogen and oxygen atoms in total. The average Bonchev–Trinajstić information content (AvgIpc) is 2.43. The van der Waals surface area contributed by atoms with Crippen LogP contribution in [0, 0.1) is 11.6 Å². The Morgan fingerprint density at radius 3 is 2.50 bits per heavy atom. The van der Waals surface area contributed by atoms with Gasteiger partial charge in [-0.05, 0) is 64.8 Å². The van der Waals surface area contributed by atoms with Crippen LogP contribution in [-0.4, -0.2) is 7.05 Å². The van der Waals surface area contributed by atoms with Crippen molar-refractivity contribution in [3.05, 3.63) is 68.7 Å². The Hall–Kier alpha value is -0.970. The molecule has 0 aliphatic carbocycles. The molecule has 2 aromatic carbocycles. The van der Waals surface area contributed by atoms with E-state index >= 15 is 0 Å². The standard InChI is InChI=1S/C15H13BrClF2N/c1-20-15(10-3-4-12(17)14(19)8-10)7-9-2-5-13(18)11(16)6-9/h2-6,8,15,20H,7H2,1H3. The molecule has 0 aliphatic heterocycles. The van der Waals surface area contributed by atoms with Gasteiger partial charge in [-0.2, -0.15) is 0 Å². The number of hydrogen-bond acceptors (Lipinski definition) is 1. The van der Waals surface area contributed by atoms with E-state index in [9.17, 15) is 8.78 Å². The summed E-state index contributed by atoms with van der Waals surface area (Å²) in [5.41, 5.74) is 1.75. The monoisotopic (exact) mass is 359 g/mol. The van der Waals surface area contributed by atoms with Crippen molar-refractivity contribution in [2.24, 2.45) is 0 Å². The lowest BCUT2D eigenvalue weighted by Gasteiger charge is -2.17. The van der Waals surface area contributed by atoms with E-state index in [2.05, 4.69) is 21.2 Å². The molecule has 0 heterocycles. The topological polar surface area (TPSA) is 12.0 Å². The molecular weight excluding hydrogens is 348 g/mol. The molecule has 0 spiro atoms. The first kappa shape index (κ1) is 15.4. The number of rotatable bonds is 4. The summed E-state index contributed by atoms with van der Waals surface area (Å²) in [6, 6.07) is 9.53. The van der Waals surface area contributed by atoms with Gasteiger partial charge >= 0.3 is 0 Å². The van der Waals surface area contributed by atoms with Crippen molar-refractivity contribution in [2.45, 2.75) is 12.5 Å². The summed E-state index contributed by atoms with van der Waals surface area (Å²) in [7, 11) is 1.80. The number of hydrogen-bond donors (Lipinski definition) is 1. The first-order valence-electron chi connectivity index (χ1n) is 6.07. The Kier molecular flexibility index (Phi) is 5.13. The molecular formula is C15H13BrClF2N. The van der Waals surface area contributed by atoms with Crippen LogP contribution in [0.5, 0.6) is 0 Å². The van der Waals surface area contributed by atoms with Gasteiger partial charge in [0.15, 0.2) is 0 Å². The van der Waals surface area contributed by atoms with Gasteiger partial charge in [-0.1, -0.05) is 23.7 Å². The highest BCUT2D eigenvalue weighted by molar-refractivity contribution is 9.10. The Morgan fingerprint density at radius 1 is 1.15 bits per heavy atom. The van der Waals surface area contributed by atoms with Gasteiger partial charge in [0.2, 0.25) is 0 Å². The third-order valence-electron chi connectivity index (χ3n) is 3.12. The fourth-order valence-electron chi connectivity index (χ4n) is 2.02. The van der Waals surface area contributed by atoms with Gasteiger partial charge in [0.1, 0.15) is 11.6 Å². The van der Waals surface area contributed by atoms with Crippen molar-refractivity contribution in [3.8, 4) is 0 Å². The normalized spacial score (nSPS) is 12.4. The highest BCUT2D eigenvalue weighted by atomic mass is 79.9. The van der Waals surface area contributed by atoms with Crippen molar-refractivity contribution >= 4 is 27.5 Å². The quantitative estimate of drug-likeness (QED) is 0.819. The van der Waals surface area contributed by atoms with Crippen LogP contribution in [0.2, 0.25) is 5.02 Å². The van der Waals surface area contributed by atoms with Gasteiger partial charge in [-0.15, -0.1) is 0 Å². The Morgan fingerprint density at radius 2 is 1.90 bits per heavy atom. The molecule has 5 heteroatoms. The SMILES string of the molecule is CNC(Cc1ccc(F)c(Br)c1)c1ccc(Cl)c(F)c1. The summed E-state index contributed by atoms with van der Waals surface area (Å²) >= 11 is 8.85. The van der Waals surface area contributed by atoms with Gasteiger partial charge in [0.25, 0.3) is 0 Å². The summed E-state index contributed by atoms with van der Waals surface area (Å²) in [6.45, 7) is 0. The van der Waals surface area contributed by atoms with Crippen molar-refractivity contribution in [1.82, 2.24) is 5.32 Å². The van der Waals surface area contributed by atoms with E-state index in [4.69, 9.17) is 11.6 Å². The van der Waals surface area contributed by atoms with Crippen LogP contribution in [0.1, 0.15) is 17.2 Å². The van der Waals surface area contributed by atoms with E-state index < -0.39 is 5.82 Å². The summed E-state index contributed by atoms with van der Waals surface area (Å²) in [6.07, 6.45) is 0.621. The zero-order valence-electron chi connectivity index (χ0n) is 10.8. The smallest absolute Gasteiger partial charge is 0.142 e. The van der Waals surface area contributed by atoms with Gasteiger partial charge in [-0.3, -0.25) is 0 Å². The average molecular weight is 361 g/mol. The van der Waals surface area contributed by atoms with E-state index in [1.54, 1.807) is 25.2 Å². The lowest BCUT2D eigenvalue weighted by molar-refractivity contribution is 0.575. The van der Waals surface area contributed by atoms with E-state index in [1.807, 2.05) is 0 Å². The van der Waals surface area contributed by atoms with Crippen LogP contribution in [-0.2, 0) is 6.42 Å². The third kappa shape index (κ3) is 3.57. The molecule has 0 aliphatic rings. The first-order valence-corrected chi connectivity index (χ1v) is 7.24. The predicted octanol–water partition coefficient (Wildman–Crippen LogP) is 4.88. The zero-order chi connectivity index (χ0) is 14.7. The van der Waals surface area contributed by atoms with Crippen LogP contribution >= 0.6 is 27.5 Å². The maximum atomic E-state index is 13.5. The maximum absolute atomic E-state index is 13.5. The summed E-state index contributed by atoms with van der Waals surface area (Å²) < 4.78 is 27.1. The van der Waals surface area contributed by atoms with Crippen molar-refractivity contribution in [2.75, 3.05) is 7.05 Å². The Balaban J connectivity index is 2.23. The molecule has 0 saturated heterocycles. The molecule has 0 amide bonds. The van der Waals surface area contributed by atoms with Gasteiger partial charge in [0.05, 0.1) is 9.50 Å². The summed E-state index contributed by atoms with van der Waals surface area (Å²) in [5.74, 6) is -0.739. The molecule has 20 heavy (non-hydrogen) atoms. The number of likely N-dealkylation sites (N-methyl/N-ethyl adjacent to an activating group) is 1. The lowest BCUT2D eigenvalue weighted by atomic mass is 9.99. The molecule has 2 aromatic rings. The zero-order valence-corrected chi connectivity index (χ0v) is 13.1. The molecule has 0 bridgehead atoms. The molecule has 1 atom stereocenters. The van der Waals surface area contributed by atoms with Gasteiger partial charge in [-0.25, -0.2) is 8.78 Å². The van der Waals surface area contributed by atoms with Crippen LogP contribution < -0.4 is 5.32 Å². The number of nitrogens with one attached hydrogen (secondary N) is 1. The molecule has 1 unspecified atom stereocenters. The van der Waals surface area contributed by atoms with Crippen LogP contribution in [0.25, 0.3) is 0 Å². The van der Waals surface area contributed by atoms with Crippen molar-refractivity contribution < 1.29 is 8.78 Å². The predicted molar refractivity (Wildman–Crippen MR) is 81.0 cm³/mol. The second-order valence-electron chi connectivity index (χ2n) is 4.47. The number of halogens is 4. The minimum Gasteiger partial charge on any atom is -0.313 e.